The molecule has 2 aromatic rings. The Morgan fingerprint density at radius 1 is 1.32 bits per heavy atom. The summed E-state index contributed by atoms with van der Waals surface area (Å²) in [4.78, 5) is 4.11. The van der Waals surface area contributed by atoms with Gasteiger partial charge in [0.05, 0.1) is 11.6 Å². The van der Waals surface area contributed by atoms with Crippen LogP contribution >= 0.6 is 11.6 Å². The van der Waals surface area contributed by atoms with E-state index in [1.807, 2.05) is 12.1 Å². The summed E-state index contributed by atoms with van der Waals surface area (Å²) < 4.78 is 15.6. The highest BCUT2D eigenvalue weighted by Crippen LogP contribution is 2.39. The van der Waals surface area contributed by atoms with E-state index >= 15 is 0 Å². The molecule has 1 aromatic carbocycles. The topological polar surface area (TPSA) is 69.4 Å². The van der Waals surface area contributed by atoms with Crippen molar-refractivity contribution in [2.75, 3.05) is 6.79 Å². The van der Waals surface area contributed by atoms with Crippen LogP contribution in [0.15, 0.2) is 16.7 Å². The zero-order valence-corrected chi connectivity index (χ0v) is 11.0. The number of benzene rings is 1. The van der Waals surface area contributed by atoms with Gasteiger partial charge >= 0.3 is 0 Å². The standard InChI is InChI=1S/C12H12ClN3O3/c1-7-15-11(19-16-7)5-14-4-8-2-9(13)12-10(3-8)17-6-18-12/h2-3,14H,4-6H2,1H3. The molecule has 100 valence electrons. The van der Waals surface area contributed by atoms with E-state index in [1.165, 1.54) is 0 Å². The van der Waals surface area contributed by atoms with E-state index in [9.17, 15) is 0 Å². The first-order valence-corrected chi connectivity index (χ1v) is 6.18. The predicted octanol–water partition coefficient (Wildman–Crippen LogP) is 2.05. The molecule has 0 fully saturated rings. The van der Waals surface area contributed by atoms with Gasteiger partial charge in [0.15, 0.2) is 17.3 Å². The molecule has 0 unspecified atom stereocenters. The van der Waals surface area contributed by atoms with Gasteiger partial charge in [-0.1, -0.05) is 16.8 Å². The molecule has 0 aliphatic carbocycles. The maximum Gasteiger partial charge on any atom is 0.240 e. The molecule has 0 amide bonds. The maximum atomic E-state index is 6.10. The van der Waals surface area contributed by atoms with Crippen molar-refractivity contribution in [3.63, 3.8) is 0 Å². The molecule has 0 atom stereocenters. The lowest BCUT2D eigenvalue weighted by Crippen LogP contribution is -2.12. The van der Waals surface area contributed by atoms with Crippen LogP contribution in [0.5, 0.6) is 11.5 Å². The molecule has 7 heteroatoms. The number of halogens is 1. The van der Waals surface area contributed by atoms with Crippen molar-refractivity contribution in [2.45, 2.75) is 20.0 Å². The molecule has 0 bridgehead atoms. The lowest BCUT2D eigenvalue weighted by molar-refractivity contribution is 0.174. The second kappa shape index (κ2) is 5.07. The Hall–Kier alpha value is -1.79. The lowest BCUT2D eigenvalue weighted by atomic mass is 10.2. The van der Waals surface area contributed by atoms with E-state index in [0.717, 1.165) is 5.56 Å². The summed E-state index contributed by atoms with van der Waals surface area (Å²) in [6.45, 7) is 3.13. The molecule has 0 saturated heterocycles. The zero-order valence-electron chi connectivity index (χ0n) is 10.3. The average Bonchev–Trinajstić information content (AvgIpc) is 2.98. The highest BCUT2D eigenvalue weighted by molar-refractivity contribution is 6.32. The smallest absolute Gasteiger partial charge is 0.240 e. The molecule has 0 saturated carbocycles. The summed E-state index contributed by atoms with van der Waals surface area (Å²) in [5.41, 5.74) is 1.01. The number of nitrogens with one attached hydrogen (secondary N) is 1. The summed E-state index contributed by atoms with van der Waals surface area (Å²) in [5, 5.41) is 7.47. The molecule has 3 rings (SSSR count). The number of aryl methyl sites for hydroxylation is 1. The minimum atomic E-state index is 0.215. The molecular weight excluding hydrogens is 270 g/mol. The van der Waals surface area contributed by atoms with Crippen molar-refractivity contribution < 1.29 is 14.0 Å². The Labute approximate surface area is 114 Å². The van der Waals surface area contributed by atoms with Gasteiger partial charge in [0, 0.05) is 6.54 Å². The predicted molar refractivity (Wildman–Crippen MR) is 67.2 cm³/mol. The Morgan fingerprint density at radius 2 is 2.21 bits per heavy atom. The fourth-order valence-corrected chi connectivity index (χ4v) is 2.14. The van der Waals surface area contributed by atoms with Crippen molar-refractivity contribution in [3.8, 4) is 11.5 Å². The minimum absolute atomic E-state index is 0.215. The first-order chi connectivity index (χ1) is 9.22. The third-order valence-electron chi connectivity index (χ3n) is 2.66. The molecule has 1 aliphatic heterocycles. The van der Waals surface area contributed by atoms with Gasteiger partial charge in [0.2, 0.25) is 12.7 Å². The quantitative estimate of drug-likeness (QED) is 0.925. The van der Waals surface area contributed by atoms with Gasteiger partial charge in [-0.25, -0.2) is 0 Å². The van der Waals surface area contributed by atoms with Gasteiger partial charge < -0.3 is 19.3 Å². The molecule has 1 N–H and O–H groups in total. The van der Waals surface area contributed by atoms with Crippen molar-refractivity contribution in [3.05, 3.63) is 34.4 Å². The summed E-state index contributed by atoms with van der Waals surface area (Å²) in [6.07, 6.45) is 0. The highest BCUT2D eigenvalue weighted by atomic mass is 35.5. The number of hydrogen-bond acceptors (Lipinski definition) is 6. The van der Waals surface area contributed by atoms with Crippen molar-refractivity contribution in [1.82, 2.24) is 15.5 Å². The molecule has 19 heavy (non-hydrogen) atoms. The van der Waals surface area contributed by atoms with E-state index in [1.54, 1.807) is 6.92 Å². The Bertz CT molecular complexity index is 600. The number of ether oxygens (including phenoxy) is 2. The van der Waals surface area contributed by atoms with Gasteiger partial charge in [0.1, 0.15) is 0 Å². The van der Waals surface area contributed by atoms with Gasteiger partial charge in [0.25, 0.3) is 0 Å². The third kappa shape index (κ3) is 2.64. The molecule has 0 radical (unpaired) electrons. The van der Waals surface area contributed by atoms with Gasteiger partial charge in [-0.15, -0.1) is 0 Å². The first kappa shape index (κ1) is 12.3. The number of rotatable bonds is 4. The molecular formula is C12H12ClN3O3. The third-order valence-corrected chi connectivity index (χ3v) is 2.94. The molecule has 2 heterocycles. The maximum absolute atomic E-state index is 6.10. The van der Waals surface area contributed by atoms with Gasteiger partial charge in [-0.05, 0) is 24.6 Å². The second-order valence-electron chi connectivity index (χ2n) is 4.15. The van der Waals surface area contributed by atoms with Crippen LogP contribution < -0.4 is 14.8 Å². The lowest BCUT2D eigenvalue weighted by Gasteiger charge is -2.05. The molecule has 6 nitrogen and oxygen atoms in total. The summed E-state index contributed by atoms with van der Waals surface area (Å²) in [6, 6.07) is 3.75. The van der Waals surface area contributed by atoms with E-state index in [2.05, 4.69) is 15.5 Å². The SMILES string of the molecule is Cc1noc(CNCc2cc(Cl)c3c(c2)OCO3)n1. The highest BCUT2D eigenvalue weighted by Gasteiger charge is 2.18. The normalized spacial score (nSPS) is 12.9. The monoisotopic (exact) mass is 281 g/mol. The van der Waals surface area contributed by atoms with Crippen LogP contribution in [0.4, 0.5) is 0 Å². The van der Waals surface area contributed by atoms with Crippen LogP contribution in [-0.4, -0.2) is 16.9 Å². The fourth-order valence-electron chi connectivity index (χ4n) is 1.85. The summed E-state index contributed by atoms with van der Waals surface area (Å²) in [5.74, 6) is 2.48. The zero-order chi connectivity index (χ0) is 13.2. The van der Waals surface area contributed by atoms with E-state index in [-0.39, 0.29) is 6.79 Å². The molecule has 0 spiro atoms. The van der Waals surface area contributed by atoms with Gasteiger partial charge in [-0.2, -0.15) is 4.98 Å². The Balaban J connectivity index is 1.63. The van der Waals surface area contributed by atoms with E-state index < -0.39 is 0 Å². The van der Waals surface area contributed by atoms with Crippen molar-refractivity contribution in [1.29, 1.82) is 0 Å². The first-order valence-electron chi connectivity index (χ1n) is 5.80. The minimum Gasteiger partial charge on any atom is -0.454 e. The van der Waals surface area contributed by atoms with E-state index in [0.29, 0.717) is 41.3 Å². The van der Waals surface area contributed by atoms with Crippen molar-refractivity contribution >= 4 is 11.6 Å². The van der Waals surface area contributed by atoms with Crippen LogP contribution in [-0.2, 0) is 13.1 Å². The number of fused-ring (bicyclic) bond motifs is 1. The van der Waals surface area contributed by atoms with Crippen LogP contribution in [0.2, 0.25) is 5.02 Å². The molecule has 1 aliphatic rings. The van der Waals surface area contributed by atoms with Crippen LogP contribution in [0.3, 0.4) is 0 Å². The van der Waals surface area contributed by atoms with Crippen LogP contribution in [0.1, 0.15) is 17.3 Å². The Morgan fingerprint density at radius 3 is 3.00 bits per heavy atom. The second-order valence-corrected chi connectivity index (χ2v) is 4.56. The average molecular weight is 282 g/mol. The number of nitrogens with zero attached hydrogens (tertiary/aromatic N) is 2. The molecule has 1 aromatic heterocycles. The number of aromatic nitrogens is 2. The van der Waals surface area contributed by atoms with Gasteiger partial charge in [-0.3, -0.25) is 0 Å². The van der Waals surface area contributed by atoms with Crippen molar-refractivity contribution in [2.24, 2.45) is 0 Å². The van der Waals surface area contributed by atoms with E-state index in [4.69, 9.17) is 25.6 Å². The summed E-state index contributed by atoms with van der Waals surface area (Å²) >= 11 is 6.10. The summed E-state index contributed by atoms with van der Waals surface area (Å²) in [7, 11) is 0. The largest absolute Gasteiger partial charge is 0.454 e. The Kier molecular flexibility index (Phi) is 3.27. The van der Waals surface area contributed by atoms with Crippen LogP contribution in [0.25, 0.3) is 0 Å². The van der Waals surface area contributed by atoms with Crippen LogP contribution in [0, 0.1) is 6.92 Å². The fraction of sp³-hybridized carbons (Fsp3) is 0.333. The number of hydrogen-bond donors (Lipinski definition) is 1.